The molecule has 1 aliphatic rings. The minimum absolute atomic E-state index is 0.181. The Morgan fingerprint density at radius 2 is 1.64 bits per heavy atom. The third kappa shape index (κ3) is 6.87. The number of aryl methyl sites for hydroxylation is 1. The summed E-state index contributed by atoms with van der Waals surface area (Å²) in [7, 11) is -8.61. The largest absolute Gasteiger partial charge is 0.748 e. The lowest BCUT2D eigenvalue weighted by atomic mass is 10.2. The molecular weight excluding hydrogens is 543 g/mol. The Morgan fingerprint density at radius 1 is 0.972 bits per heavy atom. The van der Waals surface area contributed by atoms with Gasteiger partial charge < -0.3 is 19.7 Å². The number of nitrogens with two attached hydrogens (primary N) is 1. The first-order chi connectivity index (χ1) is 17.0. The zero-order valence-corrected chi connectivity index (χ0v) is 22.3. The standard InChI is InChI=1S/C23H25N3O6S4/c24-17(15-22-25(11-5-13-35(27,28)29)18-7-1-3-9-20(18)33-22)16-23-26(12-6-14-36(30,31)32)19-8-2-4-10-21(19)34-23/h1-4,7-10,15-16,24H,5-6,11-14H2,(H2,27,28,29,30,31,32)/p-1/b22-15-. The van der Waals surface area contributed by atoms with E-state index < -0.39 is 31.7 Å². The fourth-order valence-electron chi connectivity index (χ4n) is 3.91. The normalized spacial score (nSPS) is 15.7. The van der Waals surface area contributed by atoms with Gasteiger partial charge in [0, 0.05) is 47.2 Å². The molecule has 1 aromatic heterocycles. The highest BCUT2D eigenvalue weighted by Crippen LogP contribution is 2.46. The molecule has 36 heavy (non-hydrogen) atoms. The molecule has 2 aromatic carbocycles. The molecular formula is C23H24N3O6S4-. The predicted molar refractivity (Wildman–Crippen MR) is 140 cm³/mol. The van der Waals surface area contributed by atoms with Crippen LogP contribution in [0, 0.1) is 0 Å². The maximum absolute atomic E-state index is 11.1. The van der Waals surface area contributed by atoms with Crippen molar-refractivity contribution >= 4 is 65.3 Å². The lowest BCUT2D eigenvalue weighted by molar-refractivity contribution is -0.668. The van der Waals surface area contributed by atoms with Gasteiger partial charge in [0.25, 0.3) is 5.01 Å². The fourth-order valence-corrected chi connectivity index (χ4v) is 7.17. The van der Waals surface area contributed by atoms with Crippen LogP contribution in [-0.2, 0) is 26.8 Å². The van der Waals surface area contributed by atoms with Gasteiger partial charge in [-0.1, -0.05) is 47.4 Å². The Kier molecular flexibility index (Phi) is 8.07. The highest BCUT2D eigenvalue weighted by Gasteiger charge is 2.25. The van der Waals surface area contributed by atoms with E-state index in [4.69, 9.17) is 5.73 Å². The molecule has 13 heteroatoms. The van der Waals surface area contributed by atoms with E-state index in [-0.39, 0.29) is 12.8 Å². The predicted octanol–water partition coefficient (Wildman–Crippen LogP) is 2.81. The number of para-hydroxylation sites is 2. The van der Waals surface area contributed by atoms with Gasteiger partial charge in [-0.25, -0.2) is 16.8 Å². The average Bonchev–Trinajstić information content (AvgIpc) is 3.30. The Labute approximate surface area is 218 Å². The summed E-state index contributed by atoms with van der Waals surface area (Å²) >= 11 is 3.00. The van der Waals surface area contributed by atoms with Crippen LogP contribution in [0.1, 0.15) is 17.8 Å². The lowest BCUT2D eigenvalue weighted by Crippen LogP contribution is -2.36. The zero-order chi connectivity index (χ0) is 25.9. The van der Waals surface area contributed by atoms with Crippen LogP contribution in [0.2, 0.25) is 0 Å². The van der Waals surface area contributed by atoms with Crippen molar-refractivity contribution in [3.05, 3.63) is 70.3 Å². The molecule has 0 saturated heterocycles. The second kappa shape index (κ2) is 10.9. The second-order valence-corrected chi connectivity index (χ2v) is 13.3. The van der Waals surface area contributed by atoms with Gasteiger partial charge in [-0.15, -0.1) is 0 Å². The first-order valence-electron chi connectivity index (χ1n) is 11.0. The Morgan fingerprint density at radius 3 is 2.39 bits per heavy atom. The molecule has 0 spiro atoms. The van der Waals surface area contributed by atoms with Crippen LogP contribution in [0.5, 0.6) is 0 Å². The van der Waals surface area contributed by atoms with E-state index in [1.165, 1.54) is 23.1 Å². The average molecular weight is 567 g/mol. The molecule has 0 radical (unpaired) electrons. The first kappa shape index (κ1) is 26.6. The van der Waals surface area contributed by atoms with Crippen molar-refractivity contribution in [2.45, 2.75) is 24.3 Å². The first-order valence-corrected chi connectivity index (χ1v) is 15.8. The van der Waals surface area contributed by atoms with Gasteiger partial charge in [0.2, 0.25) is 5.52 Å². The van der Waals surface area contributed by atoms with Crippen LogP contribution in [0.4, 0.5) is 5.69 Å². The van der Waals surface area contributed by atoms with E-state index in [1.807, 2.05) is 58.0 Å². The van der Waals surface area contributed by atoms with Crippen molar-refractivity contribution in [1.82, 2.24) is 0 Å². The molecule has 192 valence electrons. The number of benzene rings is 2. The highest BCUT2D eigenvalue weighted by atomic mass is 32.2. The summed E-state index contributed by atoms with van der Waals surface area (Å²) in [5.41, 5.74) is 8.70. The van der Waals surface area contributed by atoms with E-state index in [2.05, 4.69) is 0 Å². The number of hydrogen-bond acceptors (Lipinski definition) is 10. The Balaban J connectivity index is 1.63. The van der Waals surface area contributed by atoms with E-state index in [9.17, 15) is 25.9 Å². The van der Waals surface area contributed by atoms with Crippen LogP contribution in [0.25, 0.3) is 16.3 Å². The smallest absolute Gasteiger partial charge is 0.264 e. The topological polar surface area (TPSA) is 148 Å². The van der Waals surface area contributed by atoms with Gasteiger partial charge in [-0.2, -0.15) is 4.57 Å². The van der Waals surface area contributed by atoms with Gasteiger partial charge in [-0.05, 0) is 30.7 Å². The monoisotopic (exact) mass is 566 g/mol. The van der Waals surface area contributed by atoms with Crippen molar-refractivity contribution in [1.29, 1.82) is 0 Å². The van der Waals surface area contributed by atoms with Crippen molar-refractivity contribution in [2.75, 3.05) is 23.0 Å². The van der Waals surface area contributed by atoms with Gasteiger partial charge in [0.1, 0.15) is 4.70 Å². The molecule has 0 atom stereocenters. The molecule has 4 rings (SSSR count). The molecule has 0 amide bonds. The van der Waals surface area contributed by atoms with Crippen LogP contribution in [-0.4, -0.2) is 44.0 Å². The Bertz CT molecular complexity index is 1540. The van der Waals surface area contributed by atoms with Crippen molar-refractivity contribution in [3.8, 4) is 0 Å². The second-order valence-electron chi connectivity index (χ2n) is 8.14. The molecule has 1 aliphatic heterocycles. The molecule has 2 N–H and O–H groups in total. The molecule has 0 fully saturated rings. The molecule has 2 heterocycles. The van der Waals surface area contributed by atoms with E-state index in [0.717, 1.165) is 30.8 Å². The minimum atomic E-state index is -4.31. The number of hydrogen-bond donors (Lipinski definition) is 1. The van der Waals surface area contributed by atoms with Gasteiger partial charge in [0.15, 0.2) is 6.54 Å². The van der Waals surface area contributed by atoms with Crippen LogP contribution < -0.4 is 15.2 Å². The summed E-state index contributed by atoms with van der Waals surface area (Å²) in [6, 6.07) is 15.4. The summed E-state index contributed by atoms with van der Waals surface area (Å²) < 4.78 is 69.4. The third-order valence-electron chi connectivity index (χ3n) is 5.41. The van der Waals surface area contributed by atoms with E-state index in [0.29, 0.717) is 18.8 Å². The number of thiazole rings is 1. The van der Waals surface area contributed by atoms with E-state index in [1.54, 1.807) is 12.2 Å². The Hall–Kier alpha value is -2.42. The van der Waals surface area contributed by atoms with Crippen LogP contribution >= 0.6 is 23.1 Å². The summed E-state index contributed by atoms with van der Waals surface area (Å²) in [6.45, 7) is 0.689. The van der Waals surface area contributed by atoms with Crippen molar-refractivity contribution in [3.63, 3.8) is 0 Å². The molecule has 0 saturated carbocycles. The SMILES string of the molecule is NC(=C\c1sc2ccccc2[n+]1CCCS(=O)(=O)[O-])/C=C1\Sc2ccccc2N1CCCS(=O)(=O)[O-]. The number of anilines is 1. The fraction of sp³-hybridized carbons (Fsp3) is 0.261. The zero-order valence-electron chi connectivity index (χ0n) is 19.1. The summed E-state index contributed by atoms with van der Waals surface area (Å²) in [6.07, 6.45) is 3.96. The molecule has 3 aromatic rings. The lowest BCUT2D eigenvalue weighted by Gasteiger charge is -2.21. The number of fused-ring (bicyclic) bond motifs is 2. The maximum atomic E-state index is 11.1. The maximum Gasteiger partial charge on any atom is 0.264 e. The summed E-state index contributed by atoms with van der Waals surface area (Å²) in [5, 5.41) is 1.61. The quantitative estimate of drug-likeness (QED) is 0.289. The summed E-state index contributed by atoms with van der Waals surface area (Å²) in [4.78, 5) is 2.95. The third-order valence-corrected chi connectivity index (χ3v) is 9.21. The summed E-state index contributed by atoms with van der Waals surface area (Å²) in [5.74, 6) is -0.897. The van der Waals surface area contributed by atoms with Crippen LogP contribution in [0.3, 0.4) is 0 Å². The van der Waals surface area contributed by atoms with Gasteiger partial charge in [0.05, 0.1) is 31.0 Å². The molecule has 0 unspecified atom stereocenters. The number of allylic oxidation sites excluding steroid dienone is 1. The molecule has 0 aliphatic carbocycles. The van der Waals surface area contributed by atoms with Crippen LogP contribution in [0.15, 0.2) is 70.2 Å². The van der Waals surface area contributed by atoms with Crippen molar-refractivity contribution in [2.24, 2.45) is 5.73 Å². The van der Waals surface area contributed by atoms with Crippen molar-refractivity contribution < 1.29 is 30.5 Å². The number of nitrogens with zero attached hydrogens (tertiary/aromatic N) is 2. The minimum Gasteiger partial charge on any atom is -0.748 e. The number of aromatic nitrogens is 1. The van der Waals surface area contributed by atoms with Gasteiger partial charge in [-0.3, -0.25) is 0 Å². The number of thioether (sulfide) groups is 1. The number of rotatable bonds is 10. The van der Waals surface area contributed by atoms with Gasteiger partial charge >= 0.3 is 0 Å². The highest BCUT2D eigenvalue weighted by molar-refractivity contribution is 8.03. The van der Waals surface area contributed by atoms with E-state index >= 15 is 0 Å². The molecule has 9 nitrogen and oxygen atoms in total. The molecule has 0 bridgehead atoms.